The Kier molecular flexibility index (Phi) is 5.36. The summed E-state index contributed by atoms with van der Waals surface area (Å²) in [6.45, 7) is 2.49. The van der Waals surface area contributed by atoms with Crippen molar-refractivity contribution in [3.8, 4) is 11.5 Å². The van der Waals surface area contributed by atoms with E-state index in [0.717, 1.165) is 22.6 Å². The first kappa shape index (κ1) is 15.8. The van der Waals surface area contributed by atoms with Gasteiger partial charge >= 0.3 is 0 Å². The van der Waals surface area contributed by atoms with Crippen LogP contribution in [0.4, 0.5) is 0 Å². The van der Waals surface area contributed by atoms with Crippen LogP contribution in [0.5, 0.6) is 11.5 Å². The third-order valence-corrected chi connectivity index (χ3v) is 3.48. The quantitative estimate of drug-likeness (QED) is 0.890. The van der Waals surface area contributed by atoms with Crippen LogP contribution in [0.3, 0.4) is 0 Å². The molecule has 5 nitrogen and oxygen atoms in total. The molecular formula is C17H20N2O3. The van der Waals surface area contributed by atoms with Gasteiger partial charge in [-0.1, -0.05) is 6.07 Å². The summed E-state index contributed by atoms with van der Waals surface area (Å²) in [6, 6.07) is 7.25. The molecule has 2 aromatic rings. The zero-order valence-corrected chi connectivity index (χ0v) is 13.1. The number of carbonyl (C=O) groups is 1. The van der Waals surface area contributed by atoms with Gasteiger partial charge in [0, 0.05) is 30.1 Å². The van der Waals surface area contributed by atoms with Gasteiger partial charge < -0.3 is 14.8 Å². The maximum absolute atomic E-state index is 12.0. The van der Waals surface area contributed by atoms with Crippen molar-refractivity contribution < 1.29 is 14.3 Å². The molecule has 2 rings (SSSR count). The number of benzene rings is 1. The van der Waals surface area contributed by atoms with E-state index < -0.39 is 0 Å². The lowest BCUT2D eigenvalue weighted by molar-refractivity contribution is 0.0954. The maximum atomic E-state index is 12.0. The number of aromatic nitrogens is 1. The third kappa shape index (κ3) is 3.55. The molecule has 0 aliphatic heterocycles. The minimum Gasteiger partial charge on any atom is -0.496 e. The van der Waals surface area contributed by atoms with E-state index in [-0.39, 0.29) is 5.91 Å². The zero-order valence-electron chi connectivity index (χ0n) is 13.1. The van der Waals surface area contributed by atoms with E-state index in [0.29, 0.717) is 18.5 Å². The smallest absolute Gasteiger partial charge is 0.251 e. The fourth-order valence-electron chi connectivity index (χ4n) is 2.35. The van der Waals surface area contributed by atoms with Crippen molar-refractivity contribution in [1.82, 2.24) is 10.3 Å². The summed E-state index contributed by atoms with van der Waals surface area (Å²) in [4.78, 5) is 15.9. The number of pyridine rings is 1. The molecule has 0 spiro atoms. The van der Waals surface area contributed by atoms with Crippen LogP contribution in [-0.2, 0) is 6.42 Å². The minimum absolute atomic E-state index is 0.105. The van der Waals surface area contributed by atoms with Gasteiger partial charge in [-0.3, -0.25) is 9.78 Å². The number of nitrogens with zero attached hydrogens (tertiary/aromatic N) is 1. The van der Waals surface area contributed by atoms with E-state index in [2.05, 4.69) is 10.3 Å². The first-order valence-corrected chi connectivity index (χ1v) is 7.06. The summed E-state index contributed by atoms with van der Waals surface area (Å²) in [7, 11) is 3.28. The number of rotatable bonds is 6. The van der Waals surface area contributed by atoms with Gasteiger partial charge in [-0.15, -0.1) is 0 Å². The predicted molar refractivity (Wildman–Crippen MR) is 84.6 cm³/mol. The van der Waals surface area contributed by atoms with Gasteiger partial charge in [0.15, 0.2) is 0 Å². The van der Waals surface area contributed by atoms with Gasteiger partial charge in [-0.25, -0.2) is 0 Å². The van der Waals surface area contributed by atoms with E-state index in [4.69, 9.17) is 9.47 Å². The van der Waals surface area contributed by atoms with Gasteiger partial charge in [0.05, 0.1) is 14.2 Å². The number of carbonyl (C=O) groups excluding carboxylic acids is 1. The van der Waals surface area contributed by atoms with Crippen LogP contribution < -0.4 is 14.8 Å². The Balaban J connectivity index is 2.00. The largest absolute Gasteiger partial charge is 0.496 e. The van der Waals surface area contributed by atoms with Crippen LogP contribution in [0.15, 0.2) is 36.7 Å². The predicted octanol–water partition coefficient (Wildman–Crippen LogP) is 2.38. The lowest BCUT2D eigenvalue weighted by Crippen LogP contribution is -2.25. The second-order valence-electron chi connectivity index (χ2n) is 4.83. The standard InChI is InChI=1S/C17H20N2O3/c1-12-15(21-2)5-4-13(16(12)22-3)8-11-19-17(20)14-6-9-18-10-7-14/h4-7,9-10H,8,11H2,1-3H3,(H,19,20). The number of ether oxygens (including phenoxy) is 2. The van der Waals surface area contributed by atoms with Crippen molar-refractivity contribution in [2.75, 3.05) is 20.8 Å². The maximum Gasteiger partial charge on any atom is 0.251 e. The minimum atomic E-state index is -0.105. The number of hydrogen-bond acceptors (Lipinski definition) is 4. The molecule has 1 heterocycles. The van der Waals surface area contributed by atoms with Crippen LogP contribution in [0, 0.1) is 6.92 Å². The van der Waals surface area contributed by atoms with E-state index in [1.54, 1.807) is 38.7 Å². The first-order chi connectivity index (χ1) is 10.7. The van der Waals surface area contributed by atoms with Crippen LogP contribution in [0.25, 0.3) is 0 Å². The summed E-state index contributed by atoms with van der Waals surface area (Å²) >= 11 is 0. The fraction of sp³-hybridized carbons (Fsp3) is 0.294. The average molecular weight is 300 g/mol. The normalized spacial score (nSPS) is 10.1. The van der Waals surface area contributed by atoms with Crippen molar-refractivity contribution >= 4 is 5.91 Å². The molecule has 0 saturated heterocycles. The van der Waals surface area contributed by atoms with Crippen molar-refractivity contribution in [2.24, 2.45) is 0 Å². The number of nitrogens with one attached hydrogen (secondary N) is 1. The Labute approximate surface area is 130 Å². The molecule has 1 aromatic carbocycles. The van der Waals surface area contributed by atoms with Crippen molar-refractivity contribution in [2.45, 2.75) is 13.3 Å². The molecule has 22 heavy (non-hydrogen) atoms. The second-order valence-corrected chi connectivity index (χ2v) is 4.83. The van der Waals surface area contributed by atoms with E-state index in [9.17, 15) is 4.79 Å². The summed E-state index contributed by atoms with van der Waals surface area (Å²) in [5.74, 6) is 1.49. The third-order valence-electron chi connectivity index (χ3n) is 3.48. The molecule has 0 aliphatic rings. The van der Waals surface area contributed by atoms with Crippen molar-refractivity contribution in [3.63, 3.8) is 0 Å². The van der Waals surface area contributed by atoms with E-state index in [1.165, 1.54) is 0 Å². The molecule has 0 fully saturated rings. The molecule has 0 bridgehead atoms. The Hall–Kier alpha value is -2.56. The topological polar surface area (TPSA) is 60.5 Å². The number of amides is 1. The Morgan fingerprint density at radius 2 is 1.86 bits per heavy atom. The fourth-order valence-corrected chi connectivity index (χ4v) is 2.35. The monoisotopic (exact) mass is 300 g/mol. The second kappa shape index (κ2) is 7.45. The molecule has 0 unspecified atom stereocenters. The highest BCUT2D eigenvalue weighted by molar-refractivity contribution is 5.93. The molecule has 1 aromatic heterocycles. The molecular weight excluding hydrogens is 280 g/mol. The van der Waals surface area contributed by atoms with Crippen molar-refractivity contribution in [3.05, 3.63) is 53.3 Å². The highest BCUT2D eigenvalue weighted by Gasteiger charge is 2.11. The van der Waals surface area contributed by atoms with Crippen LogP contribution in [0.1, 0.15) is 21.5 Å². The molecule has 5 heteroatoms. The molecule has 0 saturated carbocycles. The van der Waals surface area contributed by atoms with Gasteiger partial charge in [-0.05, 0) is 37.1 Å². The number of methoxy groups -OCH3 is 2. The van der Waals surface area contributed by atoms with Gasteiger partial charge in [0.25, 0.3) is 5.91 Å². The Morgan fingerprint density at radius 3 is 2.50 bits per heavy atom. The molecule has 1 amide bonds. The molecule has 0 atom stereocenters. The average Bonchev–Trinajstić information content (AvgIpc) is 2.56. The lowest BCUT2D eigenvalue weighted by Gasteiger charge is -2.14. The van der Waals surface area contributed by atoms with Crippen LogP contribution in [0.2, 0.25) is 0 Å². The van der Waals surface area contributed by atoms with E-state index >= 15 is 0 Å². The van der Waals surface area contributed by atoms with Gasteiger partial charge in [0.1, 0.15) is 11.5 Å². The first-order valence-electron chi connectivity index (χ1n) is 7.06. The highest BCUT2D eigenvalue weighted by Crippen LogP contribution is 2.31. The SMILES string of the molecule is COc1ccc(CCNC(=O)c2ccncc2)c(OC)c1C. The summed E-state index contributed by atoms with van der Waals surface area (Å²) in [5, 5.41) is 2.89. The van der Waals surface area contributed by atoms with Gasteiger partial charge in [0.2, 0.25) is 0 Å². The van der Waals surface area contributed by atoms with Gasteiger partial charge in [-0.2, -0.15) is 0 Å². The number of hydrogen-bond donors (Lipinski definition) is 1. The molecule has 116 valence electrons. The van der Waals surface area contributed by atoms with Crippen LogP contribution in [-0.4, -0.2) is 31.7 Å². The van der Waals surface area contributed by atoms with Crippen molar-refractivity contribution in [1.29, 1.82) is 0 Å². The zero-order chi connectivity index (χ0) is 15.9. The lowest BCUT2D eigenvalue weighted by atomic mass is 10.1. The summed E-state index contributed by atoms with van der Waals surface area (Å²) in [5.41, 5.74) is 2.60. The highest BCUT2D eigenvalue weighted by atomic mass is 16.5. The van der Waals surface area contributed by atoms with E-state index in [1.807, 2.05) is 19.1 Å². The molecule has 0 radical (unpaired) electrons. The summed E-state index contributed by atoms with van der Waals surface area (Å²) < 4.78 is 10.7. The Morgan fingerprint density at radius 1 is 1.14 bits per heavy atom. The Bertz CT molecular complexity index is 642. The molecule has 1 N–H and O–H groups in total. The summed E-state index contributed by atoms with van der Waals surface area (Å²) in [6.07, 6.45) is 3.89. The molecule has 0 aliphatic carbocycles. The van der Waals surface area contributed by atoms with Crippen LogP contribution >= 0.6 is 0 Å².